The number of nitrogens with zero attached hydrogens (tertiary/aromatic N) is 2. The van der Waals surface area contributed by atoms with Crippen molar-refractivity contribution in [1.29, 1.82) is 0 Å². The highest BCUT2D eigenvalue weighted by atomic mass is 16.5. The van der Waals surface area contributed by atoms with Gasteiger partial charge in [-0.2, -0.15) is 0 Å². The minimum atomic E-state index is 0.129. The van der Waals surface area contributed by atoms with Crippen LogP contribution in [0.1, 0.15) is 44.9 Å². The molecule has 6 heteroatoms. The van der Waals surface area contributed by atoms with Crippen molar-refractivity contribution in [3.8, 4) is 0 Å². The molecular formula is C18H28N4O2. The Balaban J connectivity index is 1.47. The number of likely N-dealkylation sites (tertiary alicyclic amines) is 1. The third-order valence-electron chi connectivity index (χ3n) is 4.91. The third-order valence-corrected chi connectivity index (χ3v) is 4.91. The maximum absolute atomic E-state index is 12.5. The first-order valence-electron chi connectivity index (χ1n) is 9.08. The van der Waals surface area contributed by atoms with Gasteiger partial charge in [0.25, 0.3) is 0 Å². The average molecular weight is 332 g/mol. The molecule has 1 aromatic rings. The molecule has 3 N–H and O–H groups in total. The van der Waals surface area contributed by atoms with Crippen LogP contribution in [0.4, 0.5) is 11.5 Å². The van der Waals surface area contributed by atoms with E-state index in [1.165, 1.54) is 6.42 Å². The Bertz CT molecular complexity index is 528. The number of hydrogen-bond donors (Lipinski definition) is 2. The Morgan fingerprint density at radius 2 is 2.17 bits per heavy atom. The number of hydrogen-bond acceptors (Lipinski definition) is 5. The van der Waals surface area contributed by atoms with Gasteiger partial charge in [-0.25, -0.2) is 4.98 Å². The summed E-state index contributed by atoms with van der Waals surface area (Å²) in [6.07, 6.45) is 8.82. The SMILES string of the molecule is Nc1ccc(NC2CCCN(C(=O)CC3CCCCO3)CC2)cn1. The predicted octanol–water partition coefficient (Wildman–Crippen LogP) is 2.42. The number of nitrogens with two attached hydrogens (primary N) is 1. The lowest BCUT2D eigenvalue weighted by Crippen LogP contribution is -2.36. The molecule has 3 rings (SSSR count). The van der Waals surface area contributed by atoms with Gasteiger partial charge in [0.2, 0.25) is 5.91 Å². The van der Waals surface area contributed by atoms with E-state index in [1.54, 1.807) is 12.3 Å². The molecule has 0 spiro atoms. The molecule has 0 aliphatic carbocycles. The molecule has 2 unspecified atom stereocenters. The highest BCUT2D eigenvalue weighted by molar-refractivity contribution is 5.76. The standard InChI is InChI=1S/C18H28N4O2/c19-17-7-6-15(13-20-17)21-14-4-3-9-22(10-8-14)18(23)12-16-5-1-2-11-24-16/h6-7,13-14,16,21H,1-5,8-12H2,(H2,19,20). The first-order valence-corrected chi connectivity index (χ1v) is 9.08. The van der Waals surface area contributed by atoms with E-state index in [2.05, 4.69) is 10.3 Å². The van der Waals surface area contributed by atoms with E-state index < -0.39 is 0 Å². The highest BCUT2D eigenvalue weighted by Gasteiger charge is 2.24. The number of aromatic nitrogens is 1. The zero-order valence-corrected chi connectivity index (χ0v) is 14.2. The molecule has 2 fully saturated rings. The number of rotatable bonds is 4. The van der Waals surface area contributed by atoms with Crippen molar-refractivity contribution in [2.24, 2.45) is 0 Å². The second-order valence-corrected chi connectivity index (χ2v) is 6.82. The van der Waals surface area contributed by atoms with Crippen LogP contribution < -0.4 is 11.1 Å². The fraction of sp³-hybridized carbons (Fsp3) is 0.667. The summed E-state index contributed by atoms with van der Waals surface area (Å²) in [6, 6.07) is 4.13. The largest absolute Gasteiger partial charge is 0.384 e. The summed E-state index contributed by atoms with van der Waals surface area (Å²) in [4.78, 5) is 18.7. The zero-order valence-electron chi connectivity index (χ0n) is 14.2. The maximum Gasteiger partial charge on any atom is 0.225 e. The summed E-state index contributed by atoms with van der Waals surface area (Å²) in [5.74, 6) is 0.778. The first kappa shape index (κ1) is 17.0. The number of amides is 1. The van der Waals surface area contributed by atoms with Crippen LogP contribution in [0.15, 0.2) is 18.3 Å². The number of anilines is 2. The molecule has 0 bridgehead atoms. The predicted molar refractivity (Wildman–Crippen MR) is 94.7 cm³/mol. The van der Waals surface area contributed by atoms with Crippen molar-refractivity contribution in [3.63, 3.8) is 0 Å². The van der Waals surface area contributed by atoms with Gasteiger partial charge >= 0.3 is 0 Å². The number of carbonyl (C=O) groups excluding carboxylic acids is 1. The second-order valence-electron chi connectivity index (χ2n) is 6.82. The molecule has 0 aromatic carbocycles. The molecule has 2 aliphatic rings. The van der Waals surface area contributed by atoms with E-state index in [0.717, 1.165) is 57.5 Å². The van der Waals surface area contributed by atoms with Crippen LogP contribution in [0, 0.1) is 0 Å². The lowest BCUT2D eigenvalue weighted by atomic mass is 10.1. The van der Waals surface area contributed by atoms with Crippen LogP contribution in [-0.2, 0) is 9.53 Å². The second kappa shape index (κ2) is 8.33. The molecule has 3 heterocycles. The van der Waals surface area contributed by atoms with Crippen LogP contribution in [0.5, 0.6) is 0 Å². The molecule has 24 heavy (non-hydrogen) atoms. The lowest BCUT2D eigenvalue weighted by molar-refractivity contribution is -0.135. The number of ether oxygens (including phenoxy) is 1. The smallest absolute Gasteiger partial charge is 0.225 e. The van der Waals surface area contributed by atoms with Crippen molar-refractivity contribution in [2.75, 3.05) is 30.7 Å². The van der Waals surface area contributed by atoms with Crippen molar-refractivity contribution < 1.29 is 9.53 Å². The van der Waals surface area contributed by atoms with E-state index in [4.69, 9.17) is 10.5 Å². The van der Waals surface area contributed by atoms with E-state index >= 15 is 0 Å². The molecule has 2 saturated heterocycles. The van der Waals surface area contributed by atoms with Gasteiger partial charge in [-0.3, -0.25) is 4.79 Å². The van der Waals surface area contributed by atoms with E-state index in [0.29, 0.717) is 18.3 Å². The van der Waals surface area contributed by atoms with Crippen LogP contribution in [0.3, 0.4) is 0 Å². The quantitative estimate of drug-likeness (QED) is 0.885. The molecule has 1 amide bonds. The van der Waals surface area contributed by atoms with Gasteiger partial charge in [-0.05, 0) is 50.7 Å². The molecule has 2 atom stereocenters. The van der Waals surface area contributed by atoms with Gasteiger partial charge in [0.1, 0.15) is 5.82 Å². The Morgan fingerprint density at radius 3 is 2.92 bits per heavy atom. The topological polar surface area (TPSA) is 80.5 Å². The van der Waals surface area contributed by atoms with Crippen molar-refractivity contribution in [1.82, 2.24) is 9.88 Å². The lowest BCUT2D eigenvalue weighted by Gasteiger charge is -2.26. The molecule has 132 valence electrons. The average Bonchev–Trinajstić information content (AvgIpc) is 2.83. The highest BCUT2D eigenvalue weighted by Crippen LogP contribution is 2.20. The summed E-state index contributed by atoms with van der Waals surface area (Å²) < 4.78 is 5.70. The molecular weight excluding hydrogens is 304 g/mol. The van der Waals surface area contributed by atoms with Gasteiger partial charge in [-0.1, -0.05) is 0 Å². The molecule has 1 aromatic heterocycles. The van der Waals surface area contributed by atoms with Gasteiger partial charge in [0, 0.05) is 25.7 Å². The van der Waals surface area contributed by atoms with Crippen LogP contribution >= 0.6 is 0 Å². The normalized spacial score (nSPS) is 25.1. The van der Waals surface area contributed by atoms with E-state index in [-0.39, 0.29) is 12.0 Å². The van der Waals surface area contributed by atoms with Crippen molar-refractivity contribution >= 4 is 17.4 Å². The van der Waals surface area contributed by atoms with Crippen LogP contribution in [-0.4, -0.2) is 47.6 Å². The van der Waals surface area contributed by atoms with Gasteiger partial charge in [-0.15, -0.1) is 0 Å². The van der Waals surface area contributed by atoms with E-state index in [9.17, 15) is 4.79 Å². The monoisotopic (exact) mass is 332 g/mol. The molecule has 6 nitrogen and oxygen atoms in total. The number of carbonyl (C=O) groups is 1. The molecule has 0 radical (unpaired) electrons. The first-order chi connectivity index (χ1) is 11.7. The number of nitrogen functional groups attached to an aromatic ring is 1. The fourth-order valence-electron chi connectivity index (χ4n) is 3.51. The van der Waals surface area contributed by atoms with Crippen molar-refractivity contribution in [2.45, 2.75) is 57.1 Å². The van der Waals surface area contributed by atoms with Gasteiger partial charge < -0.3 is 20.7 Å². The molecule has 0 saturated carbocycles. The summed E-state index contributed by atoms with van der Waals surface area (Å²) in [5.41, 5.74) is 6.61. The number of pyridine rings is 1. The molecule has 2 aliphatic heterocycles. The minimum Gasteiger partial charge on any atom is -0.384 e. The Labute approximate surface area is 143 Å². The maximum atomic E-state index is 12.5. The number of nitrogens with one attached hydrogen (secondary N) is 1. The third kappa shape index (κ3) is 4.84. The van der Waals surface area contributed by atoms with Crippen molar-refractivity contribution in [3.05, 3.63) is 18.3 Å². The van der Waals surface area contributed by atoms with Crippen LogP contribution in [0.2, 0.25) is 0 Å². The zero-order chi connectivity index (χ0) is 16.8. The summed E-state index contributed by atoms with van der Waals surface area (Å²) in [7, 11) is 0. The van der Waals surface area contributed by atoms with Gasteiger partial charge in [0.05, 0.1) is 24.4 Å². The fourth-order valence-corrected chi connectivity index (χ4v) is 3.51. The Morgan fingerprint density at radius 1 is 1.25 bits per heavy atom. The Kier molecular flexibility index (Phi) is 5.91. The van der Waals surface area contributed by atoms with E-state index in [1.807, 2.05) is 11.0 Å². The van der Waals surface area contributed by atoms with Gasteiger partial charge in [0.15, 0.2) is 0 Å². The van der Waals surface area contributed by atoms with Crippen LogP contribution in [0.25, 0.3) is 0 Å². The Hall–Kier alpha value is -1.82. The summed E-state index contributed by atoms with van der Waals surface area (Å²) in [5, 5.41) is 3.51. The minimum absolute atomic E-state index is 0.129. The summed E-state index contributed by atoms with van der Waals surface area (Å²) >= 11 is 0. The summed E-state index contributed by atoms with van der Waals surface area (Å²) in [6.45, 7) is 2.47.